The molecule has 0 aliphatic carbocycles. The molecule has 1 unspecified atom stereocenters. The van der Waals surface area contributed by atoms with Crippen LogP contribution in [0.15, 0.2) is 42.5 Å². The van der Waals surface area contributed by atoms with E-state index in [-0.39, 0.29) is 31.3 Å². The van der Waals surface area contributed by atoms with Gasteiger partial charge in [0.2, 0.25) is 17.7 Å². The second kappa shape index (κ2) is 9.46. The Balaban J connectivity index is 1.65. The van der Waals surface area contributed by atoms with Crippen LogP contribution in [-0.2, 0) is 14.4 Å². The molecule has 1 aliphatic heterocycles. The molecule has 164 valence electrons. The Hall–Kier alpha value is -3.62. The summed E-state index contributed by atoms with van der Waals surface area (Å²) >= 11 is 0. The second-order valence-electron chi connectivity index (χ2n) is 7.20. The topological polar surface area (TPSA) is 88.2 Å². The Labute approximate surface area is 179 Å². The molecule has 0 saturated carbocycles. The van der Waals surface area contributed by atoms with Crippen molar-refractivity contribution >= 4 is 29.1 Å². The van der Waals surface area contributed by atoms with Gasteiger partial charge in [-0.05, 0) is 30.3 Å². The number of hydrogen-bond donors (Lipinski definition) is 1. The van der Waals surface area contributed by atoms with E-state index in [4.69, 9.17) is 9.47 Å². The number of likely N-dealkylation sites (N-methyl/N-ethyl adjacent to an activating group) is 1. The predicted molar refractivity (Wildman–Crippen MR) is 113 cm³/mol. The number of rotatable bonds is 7. The molecular formula is C22H24FN3O5. The fourth-order valence-corrected chi connectivity index (χ4v) is 3.49. The molecule has 0 bridgehead atoms. The number of carbonyl (C=O) groups excluding carboxylic acids is 3. The van der Waals surface area contributed by atoms with E-state index in [9.17, 15) is 18.8 Å². The van der Waals surface area contributed by atoms with Crippen LogP contribution in [0.2, 0.25) is 0 Å². The van der Waals surface area contributed by atoms with Gasteiger partial charge in [-0.25, -0.2) is 4.39 Å². The quantitative estimate of drug-likeness (QED) is 0.730. The van der Waals surface area contributed by atoms with Gasteiger partial charge >= 0.3 is 0 Å². The summed E-state index contributed by atoms with van der Waals surface area (Å²) < 4.78 is 23.8. The molecule has 8 nitrogen and oxygen atoms in total. The molecule has 1 atom stereocenters. The van der Waals surface area contributed by atoms with Crippen LogP contribution in [-0.4, -0.2) is 57.0 Å². The number of ether oxygens (including phenoxy) is 2. The Morgan fingerprint density at radius 2 is 1.97 bits per heavy atom. The van der Waals surface area contributed by atoms with E-state index in [1.165, 1.54) is 49.3 Å². The molecule has 1 aliphatic rings. The third-order valence-corrected chi connectivity index (χ3v) is 5.02. The highest BCUT2D eigenvalue weighted by molar-refractivity contribution is 6.02. The number of hydrogen-bond acceptors (Lipinski definition) is 5. The lowest BCUT2D eigenvalue weighted by atomic mass is 10.1. The van der Waals surface area contributed by atoms with E-state index in [1.54, 1.807) is 24.3 Å². The summed E-state index contributed by atoms with van der Waals surface area (Å²) in [6.07, 6.45) is 0.0229. The predicted octanol–water partition coefficient (Wildman–Crippen LogP) is 2.29. The molecule has 1 fully saturated rings. The minimum absolute atomic E-state index is 0.0229. The maximum absolute atomic E-state index is 13.3. The van der Waals surface area contributed by atoms with Crippen molar-refractivity contribution < 1.29 is 28.2 Å². The van der Waals surface area contributed by atoms with Gasteiger partial charge in [-0.2, -0.15) is 0 Å². The SMILES string of the molecule is COc1ccc(OC)c(N2CC(C(=O)N(C)CC(=O)Nc3cccc(F)c3)CC2=O)c1. The van der Waals surface area contributed by atoms with Crippen LogP contribution in [0.25, 0.3) is 0 Å². The van der Waals surface area contributed by atoms with Crippen molar-refractivity contribution in [1.29, 1.82) is 0 Å². The second-order valence-corrected chi connectivity index (χ2v) is 7.20. The van der Waals surface area contributed by atoms with Gasteiger partial charge in [-0.15, -0.1) is 0 Å². The van der Waals surface area contributed by atoms with Crippen molar-refractivity contribution in [2.24, 2.45) is 5.92 Å². The largest absolute Gasteiger partial charge is 0.497 e. The van der Waals surface area contributed by atoms with Crippen LogP contribution >= 0.6 is 0 Å². The number of carbonyl (C=O) groups is 3. The first kappa shape index (κ1) is 22.1. The van der Waals surface area contributed by atoms with E-state index < -0.39 is 17.6 Å². The van der Waals surface area contributed by atoms with Crippen molar-refractivity contribution in [3.63, 3.8) is 0 Å². The van der Waals surface area contributed by atoms with Crippen LogP contribution in [0.3, 0.4) is 0 Å². The first-order valence-corrected chi connectivity index (χ1v) is 9.65. The van der Waals surface area contributed by atoms with Crippen molar-refractivity contribution in [3.8, 4) is 11.5 Å². The summed E-state index contributed by atoms with van der Waals surface area (Å²) in [5, 5.41) is 2.55. The Morgan fingerprint density at radius 1 is 1.19 bits per heavy atom. The summed E-state index contributed by atoms with van der Waals surface area (Å²) in [6, 6.07) is 10.6. The molecule has 3 amide bonds. The molecule has 2 aromatic rings. The molecule has 0 spiro atoms. The van der Waals surface area contributed by atoms with Gasteiger partial charge in [-0.3, -0.25) is 14.4 Å². The Kier molecular flexibility index (Phi) is 6.74. The van der Waals surface area contributed by atoms with Crippen LogP contribution < -0.4 is 19.7 Å². The molecular weight excluding hydrogens is 405 g/mol. The van der Waals surface area contributed by atoms with Crippen molar-refractivity contribution in [2.45, 2.75) is 6.42 Å². The summed E-state index contributed by atoms with van der Waals surface area (Å²) in [7, 11) is 4.51. The lowest BCUT2D eigenvalue weighted by molar-refractivity contribution is -0.137. The van der Waals surface area contributed by atoms with E-state index in [0.717, 1.165) is 0 Å². The fraction of sp³-hybridized carbons (Fsp3) is 0.318. The molecule has 2 aromatic carbocycles. The Morgan fingerprint density at radius 3 is 2.65 bits per heavy atom. The van der Waals surface area contributed by atoms with Crippen LogP contribution in [0.5, 0.6) is 11.5 Å². The van der Waals surface area contributed by atoms with E-state index in [1.807, 2.05) is 0 Å². The van der Waals surface area contributed by atoms with Gasteiger partial charge in [0.15, 0.2) is 0 Å². The fourth-order valence-electron chi connectivity index (χ4n) is 3.49. The lowest BCUT2D eigenvalue weighted by Crippen LogP contribution is -2.39. The average Bonchev–Trinajstić information content (AvgIpc) is 3.13. The highest BCUT2D eigenvalue weighted by Crippen LogP contribution is 2.36. The minimum atomic E-state index is -0.602. The average molecular weight is 429 g/mol. The molecule has 1 saturated heterocycles. The number of anilines is 2. The lowest BCUT2D eigenvalue weighted by Gasteiger charge is -2.22. The van der Waals surface area contributed by atoms with Gasteiger partial charge in [0.05, 0.1) is 32.4 Å². The third kappa shape index (κ3) is 5.11. The van der Waals surface area contributed by atoms with Gasteiger partial charge in [-0.1, -0.05) is 6.07 Å². The molecule has 31 heavy (non-hydrogen) atoms. The van der Waals surface area contributed by atoms with Crippen LogP contribution in [0.4, 0.5) is 15.8 Å². The standard InChI is InChI=1S/C22H24FN3O5/c1-25(13-20(27)24-16-6-4-5-15(23)10-16)22(29)14-9-21(28)26(12-14)18-11-17(30-2)7-8-19(18)31-3/h4-8,10-11,14H,9,12-13H2,1-3H3,(H,24,27). The summed E-state index contributed by atoms with van der Waals surface area (Å²) in [5.74, 6) is -1.03. The number of amides is 3. The summed E-state index contributed by atoms with van der Waals surface area (Å²) in [4.78, 5) is 40.4. The van der Waals surface area contributed by atoms with Crippen LogP contribution in [0, 0.1) is 11.7 Å². The first-order valence-electron chi connectivity index (χ1n) is 9.65. The molecule has 1 heterocycles. The molecule has 0 radical (unpaired) electrons. The maximum Gasteiger partial charge on any atom is 0.243 e. The highest BCUT2D eigenvalue weighted by Gasteiger charge is 2.38. The van der Waals surface area contributed by atoms with Crippen molar-refractivity contribution in [3.05, 3.63) is 48.3 Å². The van der Waals surface area contributed by atoms with Crippen molar-refractivity contribution in [1.82, 2.24) is 4.90 Å². The molecule has 0 aromatic heterocycles. The monoisotopic (exact) mass is 429 g/mol. The molecule has 1 N–H and O–H groups in total. The van der Waals surface area contributed by atoms with Gasteiger partial charge in [0.1, 0.15) is 17.3 Å². The van der Waals surface area contributed by atoms with Crippen molar-refractivity contribution in [2.75, 3.05) is 44.6 Å². The van der Waals surface area contributed by atoms with E-state index in [0.29, 0.717) is 22.9 Å². The highest BCUT2D eigenvalue weighted by atomic mass is 19.1. The summed E-state index contributed by atoms with van der Waals surface area (Å²) in [6.45, 7) is -0.0560. The summed E-state index contributed by atoms with van der Waals surface area (Å²) in [5.41, 5.74) is 0.826. The zero-order chi connectivity index (χ0) is 22.5. The zero-order valence-electron chi connectivity index (χ0n) is 17.6. The van der Waals surface area contributed by atoms with Gasteiger partial charge < -0.3 is 24.6 Å². The zero-order valence-corrected chi connectivity index (χ0v) is 17.6. The van der Waals surface area contributed by atoms with E-state index in [2.05, 4.69) is 5.32 Å². The van der Waals surface area contributed by atoms with Crippen LogP contribution in [0.1, 0.15) is 6.42 Å². The first-order chi connectivity index (χ1) is 14.8. The normalized spacial score (nSPS) is 15.5. The van der Waals surface area contributed by atoms with Gasteiger partial charge in [0.25, 0.3) is 0 Å². The smallest absolute Gasteiger partial charge is 0.243 e. The van der Waals surface area contributed by atoms with E-state index >= 15 is 0 Å². The third-order valence-electron chi connectivity index (χ3n) is 5.02. The van der Waals surface area contributed by atoms with Gasteiger partial charge in [0, 0.05) is 31.8 Å². The molecule has 3 rings (SSSR count). The number of benzene rings is 2. The number of nitrogens with one attached hydrogen (secondary N) is 1. The number of halogens is 1. The minimum Gasteiger partial charge on any atom is -0.497 e. The number of nitrogens with zero attached hydrogens (tertiary/aromatic N) is 2. The molecule has 9 heteroatoms. The maximum atomic E-state index is 13.3. The number of methoxy groups -OCH3 is 2. The Bertz CT molecular complexity index is 997.